The number of carbonyl (C=O) groups excluding carboxylic acids is 1. The van der Waals surface area contributed by atoms with Crippen molar-refractivity contribution in [3.05, 3.63) is 136 Å². The molecular weight excluding hydrogens is 1380 g/mol. The normalized spacial score (nSPS) is 23.3. The van der Waals surface area contributed by atoms with Crippen molar-refractivity contribution in [1.82, 2.24) is 19.9 Å². The fourth-order valence-corrected chi connectivity index (χ4v) is 8.37. The molecule has 1 amide bonds. The van der Waals surface area contributed by atoms with E-state index in [0.29, 0.717) is 41.5 Å². The molecule has 4 aromatic heterocycles. The van der Waals surface area contributed by atoms with Crippen LogP contribution in [0.4, 0.5) is 11.6 Å². The van der Waals surface area contributed by atoms with Crippen LogP contribution in [-0.4, -0.2) is 85.4 Å². The maximum Gasteiger partial charge on any atom is 2.00 e. The molecule has 0 aliphatic carbocycles. The van der Waals surface area contributed by atoms with Crippen molar-refractivity contribution >= 4 is 39.6 Å². The molecule has 4 aromatic rings. The number of allylic oxidation sites excluding steroid dienone is 2. The zero-order valence-corrected chi connectivity index (χ0v) is 44.5. The average molecular weight is 1440 g/mol. The van der Waals surface area contributed by atoms with E-state index < -0.39 is 0 Å². The van der Waals surface area contributed by atoms with Crippen LogP contribution in [0.15, 0.2) is 82.0 Å². The van der Waals surface area contributed by atoms with Crippen LogP contribution in [0.5, 0.6) is 0 Å². The molecular formula is C48H62N12O3Pt3-8. The van der Waals surface area contributed by atoms with Crippen LogP contribution in [0.25, 0.3) is 65.0 Å². The zero-order valence-electron chi connectivity index (χ0n) is 37.7. The number of aromatic nitrogens is 4. The summed E-state index contributed by atoms with van der Waals surface area (Å²) in [5, 5.41) is 32.8. The Balaban J connectivity index is 0.000000217. The summed E-state index contributed by atoms with van der Waals surface area (Å²) in [6.07, 6.45) is 26.0. The second-order valence-corrected chi connectivity index (χ2v) is 16.5. The number of pyridine rings is 4. The van der Waals surface area contributed by atoms with E-state index in [9.17, 15) is 14.4 Å². The summed E-state index contributed by atoms with van der Waals surface area (Å²) in [6.45, 7) is 7.59. The summed E-state index contributed by atoms with van der Waals surface area (Å²) in [4.78, 5) is 47.6. The fourth-order valence-electron chi connectivity index (χ4n) is 8.37. The van der Waals surface area contributed by atoms with Gasteiger partial charge >= 0.3 is 21.1 Å². The Hall–Kier alpha value is -2.87. The molecule has 0 radical (unpaired) electrons. The number of hydrogen-bond acceptors (Lipinski definition) is 5. The molecule has 10 rings (SSSR count). The second-order valence-electron chi connectivity index (χ2n) is 16.5. The maximum atomic E-state index is 11.0. The Bertz CT molecular complexity index is 2110. The van der Waals surface area contributed by atoms with Crippen LogP contribution in [-0.2, 0) is 68.0 Å². The van der Waals surface area contributed by atoms with Crippen LogP contribution in [0.3, 0.4) is 0 Å². The van der Waals surface area contributed by atoms with Gasteiger partial charge in [0, 0.05) is 42.1 Å². The van der Waals surface area contributed by atoms with Gasteiger partial charge in [0.2, 0.25) is 0 Å². The molecule has 18 heteroatoms. The van der Waals surface area contributed by atoms with E-state index in [1.54, 1.807) is 36.4 Å². The molecule has 0 bridgehead atoms. The third-order valence-electron chi connectivity index (χ3n) is 11.6. The number of carbonyl (C=O) groups is 1. The van der Waals surface area contributed by atoms with Gasteiger partial charge in [-0.15, -0.1) is 51.4 Å². The molecule has 370 valence electrons. The van der Waals surface area contributed by atoms with Crippen LogP contribution in [0.2, 0.25) is 0 Å². The third kappa shape index (κ3) is 20.0. The first-order valence-electron chi connectivity index (χ1n) is 23.0. The van der Waals surface area contributed by atoms with Gasteiger partial charge in [0.1, 0.15) is 5.91 Å². The first kappa shape index (κ1) is 57.5. The third-order valence-corrected chi connectivity index (χ3v) is 11.6. The Morgan fingerprint density at radius 2 is 1.03 bits per heavy atom. The topological polar surface area (TPSA) is 228 Å². The summed E-state index contributed by atoms with van der Waals surface area (Å²) in [6, 6.07) is 15.4. The number of amides is 1. The van der Waals surface area contributed by atoms with Gasteiger partial charge in [0.25, 0.3) is 0 Å². The van der Waals surface area contributed by atoms with Crippen LogP contribution in [0, 0.1) is 0 Å². The first-order valence-corrected chi connectivity index (χ1v) is 23.0. The molecule has 15 nitrogen and oxygen atoms in total. The standard InChI is InChI=1S/C10H9N3O2.2C10H18N2.C10H14N2.C8H6N3O.3Pt/c1-6(14)11-8-4-2-7-3-5-9(15)13-10(7)12-8;3*1-3-7-11-9(5-1)10-6-2-4-8-12-10;9-6-3-1-5-2-4-7(12)11-8(5)10-6;;;/h2-5H,1H3,(H2,11,12,13,14,15);2*9-10H,1-8H2;1,3,5,10H,2,4,6-8H2;1-4H,(H2-,9,10,11,12);;;/q;3*-2;-1;;;+2/p-3. The molecule has 1 N–H and O–H groups in total. The SMILES string of the molecule is C1=CC[N-]C(C2CCCC[N-]2)=C1.C1CCC(C2CCCC[N-]2)[N-]C1.C1CCC(C2CCCC[N-]2)[N-]C1.CC(=O)[N-]c1ccc2ccc(=O)[n-]c2n1.[NH-]c1ccc2ccc(=O)[n-]c2n1.[Pt+2].[Pt].[Pt]. The number of hydrogen-bond donors (Lipinski definition) is 0. The van der Waals surface area contributed by atoms with Crippen molar-refractivity contribution < 1.29 is 68.0 Å². The average Bonchev–Trinajstić information content (AvgIpc) is 3.34. The molecule has 6 aliphatic rings. The van der Waals surface area contributed by atoms with E-state index in [1.165, 1.54) is 121 Å². The fraction of sp³-hybridized carbons (Fsp3) is 0.562. The second kappa shape index (κ2) is 32.0. The molecule has 5 atom stereocenters. The van der Waals surface area contributed by atoms with E-state index in [-0.39, 0.29) is 91.9 Å². The maximum absolute atomic E-state index is 11.0. The molecule has 0 spiro atoms. The minimum atomic E-state index is -0.352. The summed E-state index contributed by atoms with van der Waals surface area (Å²) in [7, 11) is 0. The number of fused-ring (bicyclic) bond motifs is 2. The van der Waals surface area contributed by atoms with Crippen molar-refractivity contribution in [2.24, 2.45) is 0 Å². The molecule has 0 saturated carbocycles. The number of nitrogens with one attached hydrogen (secondary N) is 1. The molecule has 10 heterocycles. The number of piperidine rings is 5. The molecule has 5 unspecified atom stereocenters. The predicted molar refractivity (Wildman–Crippen MR) is 255 cm³/mol. The van der Waals surface area contributed by atoms with Crippen molar-refractivity contribution in [3.8, 4) is 0 Å². The summed E-state index contributed by atoms with van der Waals surface area (Å²) >= 11 is 0. The largest absolute Gasteiger partial charge is 2.00 e. The van der Waals surface area contributed by atoms with Gasteiger partial charge in [-0.2, -0.15) is 29.9 Å². The predicted octanol–water partition coefficient (Wildman–Crippen LogP) is 10.7. The van der Waals surface area contributed by atoms with E-state index in [2.05, 4.69) is 75.4 Å². The molecule has 5 fully saturated rings. The molecule has 0 aromatic carbocycles. The number of rotatable bonds is 4. The summed E-state index contributed by atoms with van der Waals surface area (Å²) in [5.41, 5.74) is 8.37. The Morgan fingerprint density at radius 3 is 1.44 bits per heavy atom. The van der Waals surface area contributed by atoms with Crippen LogP contribution in [0.1, 0.15) is 103 Å². The molecule has 6 aliphatic heterocycles. The Kier molecular flexibility index (Phi) is 27.9. The van der Waals surface area contributed by atoms with Gasteiger partial charge in [0.05, 0.1) is 0 Å². The van der Waals surface area contributed by atoms with Crippen molar-refractivity contribution in [2.75, 3.05) is 39.3 Å². The van der Waals surface area contributed by atoms with Crippen LogP contribution >= 0.6 is 0 Å². The number of nitrogens with zero attached hydrogens (tertiary/aromatic N) is 11. The van der Waals surface area contributed by atoms with Gasteiger partial charge in [-0.3, -0.25) is 14.4 Å². The van der Waals surface area contributed by atoms with E-state index >= 15 is 0 Å². The van der Waals surface area contributed by atoms with Crippen LogP contribution < -0.4 is 21.1 Å². The van der Waals surface area contributed by atoms with Gasteiger partial charge in [0.15, 0.2) is 11.1 Å². The summed E-state index contributed by atoms with van der Waals surface area (Å²) in [5.74, 6) is 0.0637. The minimum absolute atomic E-state index is 0. The first-order chi connectivity index (χ1) is 30.8. The Labute approximate surface area is 433 Å². The zero-order chi connectivity index (χ0) is 44.1. The Morgan fingerprint density at radius 1 is 0.591 bits per heavy atom. The van der Waals surface area contributed by atoms with Crippen molar-refractivity contribution in [3.63, 3.8) is 0 Å². The smallest absolute Gasteiger partial charge is 0.686 e. The quantitative estimate of drug-likeness (QED) is 0.192. The van der Waals surface area contributed by atoms with Gasteiger partial charge < -0.3 is 62.9 Å². The van der Waals surface area contributed by atoms with Crippen molar-refractivity contribution in [2.45, 2.75) is 133 Å². The van der Waals surface area contributed by atoms with E-state index in [4.69, 9.17) is 5.73 Å². The minimum Gasteiger partial charge on any atom is -0.686 e. The van der Waals surface area contributed by atoms with Gasteiger partial charge in [-0.1, -0.05) is 156 Å². The van der Waals surface area contributed by atoms with Gasteiger partial charge in [-0.05, 0) is 41.1 Å². The summed E-state index contributed by atoms with van der Waals surface area (Å²) < 4.78 is 0. The molecule has 5 saturated heterocycles. The van der Waals surface area contributed by atoms with E-state index in [1.807, 2.05) is 0 Å². The van der Waals surface area contributed by atoms with Gasteiger partial charge in [-0.25, -0.2) is 0 Å². The molecule has 66 heavy (non-hydrogen) atoms. The monoisotopic (exact) mass is 1440 g/mol. The van der Waals surface area contributed by atoms with E-state index in [0.717, 1.165) is 50.0 Å². The van der Waals surface area contributed by atoms with Crippen molar-refractivity contribution in [1.29, 1.82) is 0 Å².